The predicted molar refractivity (Wildman–Crippen MR) is 89.8 cm³/mol. The van der Waals surface area contributed by atoms with Crippen molar-refractivity contribution in [1.29, 1.82) is 0 Å². The van der Waals surface area contributed by atoms with E-state index in [1.807, 2.05) is 25.8 Å². The van der Waals surface area contributed by atoms with E-state index in [1.54, 1.807) is 11.3 Å². The first-order valence-corrected chi connectivity index (χ1v) is 8.89. The van der Waals surface area contributed by atoms with Gasteiger partial charge in [0.2, 0.25) is 5.91 Å². The molecule has 0 unspecified atom stereocenters. The Kier molecular flexibility index (Phi) is 4.53. The van der Waals surface area contributed by atoms with Gasteiger partial charge in [-0.05, 0) is 40.0 Å². The maximum atomic E-state index is 12.5. The van der Waals surface area contributed by atoms with E-state index >= 15 is 0 Å². The minimum atomic E-state index is 0.110. The third-order valence-corrected chi connectivity index (χ3v) is 5.65. The van der Waals surface area contributed by atoms with Crippen LogP contribution in [-0.4, -0.2) is 34.5 Å². The minimum absolute atomic E-state index is 0.110. The van der Waals surface area contributed by atoms with Crippen molar-refractivity contribution in [3.05, 3.63) is 32.6 Å². The number of hydrogen-bond acceptors (Lipinski definition) is 5. The molecule has 0 saturated heterocycles. The Hall–Kier alpha value is -1.69. The molecule has 1 atom stereocenters. The smallest absolute Gasteiger partial charge is 0.226 e. The second kappa shape index (κ2) is 6.43. The molecule has 1 amide bonds. The topological polar surface area (TPSA) is 59.2 Å². The Morgan fingerprint density at radius 2 is 2.17 bits per heavy atom. The highest BCUT2D eigenvalue weighted by molar-refractivity contribution is 7.11. The molecule has 3 rings (SSSR count). The molecule has 0 N–H and O–H groups in total. The van der Waals surface area contributed by atoms with E-state index in [4.69, 9.17) is 9.51 Å². The molecule has 2 aromatic rings. The van der Waals surface area contributed by atoms with Gasteiger partial charge in [-0.3, -0.25) is 4.79 Å². The van der Waals surface area contributed by atoms with Gasteiger partial charge in [-0.1, -0.05) is 5.16 Å². The largest absolute Gasteiger partial charge is 0.361 e. The highest BCUT2D eigenvalue weighted by Gasteiger charge is 2.27. The fraction of sp³-hybridized carbons (Fsp3) is 0.588. The first-order valence-electron chi connectivity index (χ1n) is 8.07. The predicted octanol–water partition coefficient (Wildman–Crippen LogP) is 3.18. The number of nitrogens with zero attached hydrogens (tertiary/aromatic N) is 3. The summed E-state index contributed by atoms with van der Waals surface area (Å²) in [6.45, 7) is 6.53. The summed E-state index contributed by atoms with van der Waals surface area (Å²) in [6.07, 6.45) is 3.78. The van der Waals surface area contributed by atoms with E-state index in [2.05, 4.69) is 12.1 Å². The van der Waals surface area contributed by atoms with Gasteiger partial charge < -0.3 is 9.42 Å². The molecule has 2 aromatic heterocycles. The summed E-state index contributed by atoms with van der Waals surface area (Å²) in [6, 6.07) is 0. The second-order valence-electron chi connectivity index (χ2n) is 6.38. The van der Waals surface area contributed by atoms with Gasteiger partial charge in [0.25, 0.3) is 0 Å². The number of aryl methyl sites for hydroxylation is 4. The van der Waals surface area contributed by atoms with Crippen molar-refractivity contribution in [2.45, 2.75) is 52.4 Å². The number of hydrogen-bond donors (Lipinski definition) is 0. The Balaban J connectivity index is 1.67. The standard InChI is InChI=1S/C17H23N3O2S/c1-10-14(11(2)22-19-10)8-16(21)20(4)9-13-6-5-7-15-17(13)18-12(3)23-15/h13H,5-9H2,1-4H3/t13-/m1/s1. The van der Waals surface area contributed by atoms with Crippen LogP contribution in [0, 0.1) is 20.8 Å². The molecule has 0 aliphatic heterocycles. The molecule has 0 fully saturated rings. The van der Waals surface area contributed by atoms with E-state index in [0.717, 1.165) is 41.4 Å². The fourth-order valence-corrected chi connectivity index (χ4v) is 4.34. The zero-order valence-corrected chi connectivity index (χ0v) is 15.0. The molecule has 6 heteroatoms. The third-order valence-electron chi connectivity index (χ3n) is 4.61. The lowest BCUT2D eigenvalue weighted by Gasteiger charge is -2.26. The van der Waals surface area contributed by atoms with Crippen molar-refractivity contribution in [3.63, 3.8) is 0 Å². The van der Waals surface area contributed by atoms with Crippen LogP contribution in [0.25, 0.3) is 0 Å². The number of thiazole rings is 1. The number of amides is 1. The van der Waals surface area contributed by atoms with Gasteiger partial charge in [-0.15, -0.1) is 11.3 Å². The monoisotopic (exact) mass is 333 g/mol. The van der Waals surface area contributed by atoms with Crippen molar-refractivity contribution in [1.82, 2.24) is 15.0 Å². The van der Waals surface area contributed by atoms with Crippen molar-refractivity contribution < 1.29 is 9.32 Å². The van der Waals surface area contributed by atoms with Crippen molar-refractivity contribution in [2.24, 2.45) is 0 Å². The molecular weight excluding hydrogens is 310 g/mol. The minimum Gasteiger partial charge on any atom is -0.361 e. The summed E-state index contributed by atoms with van der Waals surface area (Å²) in [4.78, 5) is 20.5. The van der Waals surface area contributed by atoms with Gasteiger partial charge in [0.1, 0.15) is 5.76 Å². The van der Waals surface area contributed by atoms with Gasteiger partial charge in [0, 0.05) is 30.0 Å². The number of rotatable bonds is 4. The Morgan fingerprint density at radius 1 is 1.39 bits per heavy atom. The SMILES string of the molecule is Cc1nc2c(s1)CCC[C@@H]2CN(C)C(=O)Cc1c(C)noc1C. The van der Waals surface area contributed by atoms with Crippen LogP contribution in [0.5, 0.6) is 0 Å². The number of carbonyl (C=O) groups is 1. The summed E-state index contributed by atoms with van der Waals surface area (Å²) in [5, 5.41) is 5.05. The Bertz CT molecular complexity index is 700. The molecule has 0 aromatic carbocycles. The molecule has 1 aliphatic carbocycles. The molecule has 0 radical (unpaired) electrons. The number of likely N-dealkylation sites (N-methyl/N-ethyl adjacent to an activating group) is 1. The Morgan fingerprint density at radius 3 is 2.87 bits per heavy atom. The molecule has 0 saturated carbocycles. The molecule has 23 heavy (non-hydrogen) atoms. The van der Waals surface area contributed by atoms with Gasteiger partial charge in [0.15, 0.2) is 0 Å². The van der Waals surface area contributed by atoms with Crippen LogP contribution >= 0.6 is 11.3 Å². The average molecular weight is 333 g/mol. The fourth-order valence-electron chi connectivity index (χ4n) is 3.28. The van der Waals surface area contributed by atoms with Gasteiger partial charge in [0.05, 0.1) is 22.8 Å². The lowest BCUT2D eigenvalue weighted by molar-refractivity contribution is -0.129. The molecule has 5 nitrogen and oxygen atoms in total. The third kappa shape index (κ3) is 3.32. The lowest BCUT2D eigenvalue weighted by Crippen LogP contribution is -2.33. The van der Waals surface area contributed by atoms with Crippen LogP contribution in [0.2, 0.25) is 0 Å². The maximum absolute atomic E-state index is 12.5. The molecule has 1 aliphatic rings. The molecule has 0 spiro atoms. The van der Waals surface area contributed by atoms with E-state index in [1.165, 1.54) is 17.0 Å². The van der Waals surface area contributed by atoms with Gasteiger partial charge in [-0.25, -0.2) is 4.98 Å². The summed E-state index contributed by atoms with van der Waals surface area (Å²) in [7, 11) is 1.88. The average Bonchev–Trinajstić information content (AvgIpc) is 3.04. The van der Waals surface area contributed by atoms with Gasteiger partial charge in [-0.2, -0.15) is 0 Å². The summed E-state index contributed by atoms with van der Waals surface area (Å²) >= 11 is 1.80. The number of carbonyl (C=O) groups excluding carboxylic acids is 1. The van der Waals surface area contributed by atoms with Crippen molar-refractivity contribution >= 4 is 17.2 Å². The van der Waals surface area contributed by atoms with Gasteiger partial charge >= 0.3 is 0 Å². The molecular formula is C17H23N3O2S. The molecule has 0 bridgehead atoms. The quantitative estimate of drug-likeness (QED) is 0.862. The first-order chi connectivity index (χ1) is 11.0. The van der Waals surface area contributed by atoms with Crippen LogP contribution in [0.3, 0.4) is 0 Å². The van der Waals surface area contributed by atoms with Crippen molar-refractivity contribution in [2.75, 3.05) is 13.6 Å². The van der Waals surface area contributed by atoms with E-state index in [0.29, 0.717) is 12.3 Å². The summed E-state index contributed by atoms with van der Waals surface area (Å²) < 4.78 is 5.15. The molecule has 2 heterocycles. The summed E-state index contributed by atoms with van der Waals surface area (Å²) in [5.74, 6) is 1.21. The second-order valence-corrected chi connectivity index (χ2v) is 7.67. The highest BCUT2D eigenvalue weighted by Crippen LogP contribution is 2.35. The van der Waals surface area contributed by atoms with E-state index < -0.39 is 0 Å². The lowest BCUT2D eigenvalue weighted by atomic mass is 9.90. The van der Waals surface area contributed by atoms with Crippen LogP contribution in [-0.2, 0) is 17.6 Å². The first kappa shape index (κ1) is 16.2. The van der Waals surface area contributed by atoms with Crippen molar-refractivity contribution in [3.8, 4) is 0 Å². The highest BCUT2D eigenvalue weighted by atomic mass is 32.1. The van der Waals surface area contributed by atoms with Crippen LogP contribution in [0.1, 0.15) is 51.4 Å². The maximum Gasteiger partial charge on any atom is 0.226 e. The number of fused-ring (bicyclic) bond motifs is 1. The van der Waals surface area contributed by atoms with E-state index in [-0.39, 0.29) is 5.91 Å². The van der Waals surface area contributed by atoms with Crippen LogP contribution < -0.4 is 0 Å². The number of aromatic nitrogens is 2. The Labute approximate surface area is 140 Å². The summed E-state index contributed by atoms with van der Waals surface area (Å²) in [5.41, 5.74) is 2.94. The zero-order chi connectivity index (χ0) is 16.6. The molecule has 124 valence electrons. The zero-order valence-electron chi connectivity index (χ0n) is 14.2. The van der Waals surface area contributed by atoms with E-state index in [9.17, 15) is 4.79 Å². The van der Waals surface area contributed by atoms with Crippen LogP contribution in [0.4, 0.5) is 0 Å². The van der Waals surface area contributed by atoms with Crippen LogP contribution in [0.15, 0.2) is 4.52 Å². The normalized spacial score (nSPS) is 17.1.